The van der Waals surface area contributed by atoms with E-state index in [0.29, 0.717) is 24.1 Å². The summed E-state index contributed by atoms with van der Waals surface area (Å²) in [5, 5.41) is 10.4. The molecule has 0 aliphatic carbocycles. The van der Waals surface area contributed by atoms with E-state index in [1.165, 1.54) is 0 Å². The smallest absolute Gasteiger partial charge is 0.322 e. The maximum Gasteiger partial charge on any atom is 0.322 e. The summed E-state index contributed by atoms with van der Waals surface area (Å²) in [5.74, 6) is 1.15. The minimum atomic E-state index is -3.79. The fourth-order valence-electron chi connectivity index (χ4n) is 4.77. The monoisotopic (exact) mass is 534 g/mol. The highest BCUT2D eigenvalue weighted by Gasteiger charge is 2.24. The van der Waals surface area contributed by atoms with E-state index in [1.807, 2.05) is 56.3 Å². The Bertz CT molecular complexity index is 1540. The lowest BCUT2D eigenvalue weighted by atomic mass is 10.1. The highest BCUT2D eigenvalue weighted by atomic mass is 32.2. The van der Waals surface area contributed by atoms with Crippen LogP contribution in [0, 0.1) is 6.92 Å². The summed E-state index contributed by atoms with van der Waals surface area (Å²) in [7, 11) is -1.65. The number of ether oxygens (including phenoxy) is 1. The zero-order valence-electron chi connectivity index (χ0n) is 22.3. The van der Waals surface area contributed by atoms with Gasteiger partial charge in [-0.05, 0) is 62.9 Å². The predicted molar refractivity (Wildman–Crippen MR) is 149 cm³/mol. The normalized spacial score (nSPS) is 15.6. The zero-order valence-corrected chi connectivity index (χ0v) is 23.1. The number of fused-ring (bicyclic) bond motifs is 1. The number of rotatable bonds is 8. The van der Waals surface area contributed by atoms with Crippen molar-refractivity contribution in [2.45, 2.75) is 38.3 Å². The number of likely N-dealkylation sites (N-methyl/N-ethyl adjacent to an activating group) is 1. The van der Waals surface area contributed by atoms with Crippen LogP contribution < -0.4 is 14.4 Å². The van der Waals surface area contributed by atoms with E-state index >= 15 is 0 Å². The van der Waals surface area contributed by atoms with Crippen molar-refractivity contribution in [1.82, 2.24) is 24.4 Å². The third-order valence-corrected chi connectivity index (χ3v) is 8.49. The van der Waals surface area contributed by atoms with Crippen LogP contribution in [0.2, 0.25) is 0 Å². The van der Waals surface area contributed by atoms with Crippen LogP contribution in [-0.2, 0) is 16.6 Å². The number of aryl methyl sites for hydroxylation is 1. The number of aromatic nitrogens is 3. The third kappa shape index (κ3) is 5.52. The molecule has 1 fully saturated rings. The molecule has 0 spiro atoms. The van der Waals surface area contributed by atoms with Crippen molar-refractivity contribution < 1.29 is 13.2 Å². The summed E-state index contributed by atoms with van der Waals surface area (Å²) in [6.45, 7) is 10.2. The number of benzene rings is 3. The van der Waals surface area contributed by atoms with E-state index in [4.69, 9.17) is 4.74 Å². The first-order chi connectivity index (χ1) is 18.2. The molecule has 0 bridgehead atoms. The molecule has 1 atom stereocenters. The summed E-state index contributed by atoms with van der Waals surface area (Å²) in [6.07, 6.45) is 0. The zero-order chi connectivity index (χ0) is 26.9. The molecule has 0 radical (unpaired) electrons. The average Bonchev–Trinajstić information content (AvgIpc) is 3.31. The highest BCUT2D eigenvalue weighted by molar-refractivity contribution is 7.89. The van der Waals surface area contributed by atoms with Crippen molar-refractivity contribution in [1.29, 1.82) is 0 Å². The van der Waals surface area contributed by atoms with Crippen LogP contribution in [0.25, 0.3) is 10.8 Å². The van der Waals surface area contributed by atoms with Crippen molar-refractivity contribution in [3.8, 4) is 11.8 Å². The van der Waals surface area contributed by atoms with Crippen molar-refractivity contribution in [3.63, 3.8) is 0 Å². The largest absolute Gasteiger partial charge is 0.424 e. The number of anilines is 1. The molecule has 38 heavy (non-hydrogen) atoms. The van der Waals surface area contributed by atoms with E-state index < -0.39 is 16.1 Å². The van der Waals surface area contributed by atoms with Crippen LogP contribution in [0.15, 0.2) is 65.6 Å². The molecule has 2 heterocycles. The van der Waals surface area contributed by atoms with E-state index in [-0.39, 0.29) is 4.90 Å². The summed E-state index contributed by atoms with van der Waals surface area (Å²) >= 11 is 0. The lowest BCUT2D eigenvalue weighted by molar-refractivity contribution is 0.312. The molecule has 1 N–H and O–H groups in total. The van der Waals surface area contributed by atoms with Gasteiger partial charge < -0.3 is 14.5 Å². The Labute approximate surface area is 224 Å². The minimum absolute atomic E-state index is 0.209. The van der Waals surface area contributed by atoms with Gasteiger partial charge in [0.2, 0.25) is 10.0 Å². The predicted octanol–water partition coefficient (Wildman–Crippen LogP) is 4.34. The number of sulfonamides is 1. The Kier molecular flexibility index (Phi) is 7.38. The second-order valence-electron chi connectivity index (χ2n) is 9.83. The molecule has 10 heteroatoms. The highest BCUT2D eigenvalue weighted by Crippen LogP contribution is 2.28. The van der Waals surface area contributed by atoms with Crippen molar-refractivity contribution in [3.05, 3.63) is 72.1 Å². The first-order valence-corrected chi connectivity index (χ1v) is 14.4. The van der Waals surface area contributed by atoms with E-state index in [9.17, 15) is 8.42 Å². The summed E-state index contributed by atoms with van der Waals surface area (Å²) in [5.41, 5.74) is 2.23. The summed E-state index contributed by atoms with van der Waals surface area (Å²) in [4.78, 5) is 4.87. The first kappa shape index (κ1) is 26.1. The standard InChI is InChI=1S/C28H34N6O3S/c1-5-34-27(21(3)31-38(35,36)26-12-11-22-17-20(2)9-10-23(22)18-26)29-30-28(34)37-25-8-6-7-24(19-25)33-15-13-32(4)14-16-33/h6-12,17-19,21,31H,5,13-16H2,1-4H3/t21-/m1/s1. The molecule has 0 saturated carbocycles. The maximum atomic E-state index is 13.2. The SMILES string of the molecule is CCn1c(Oc2cccc(N3CCN(C)CC3)c2)nnc1[C@@H](C)NS(=O)(=O)c1ccc2cc(C)ccc2c1. The molecule has 4 aromatic rings. The van der Waals surface area contributed by atoms with Crippen LogP contribution >= 0.6 is 0 Å². The number of hydrogen-bond acceptors (Lipinski definition) is 7. The maximum absolute atomic E-state index is 13.2. The first-order valence-electron chi connectivity index (χ1n) is 12.9. The summed E-state index contributed by atoms with van der Waals surface area (Å²) < 4.78 is 37.1. The number of hydrogen-bond donors (Lipinski definition) is 1. The van der Waals surface area contributed by atoms with Crippen LogP contribution in [0.4, 0.5) is 5.69 Å². The third-order valence-electron chi connectivity index (χ3n) is 6.95. The topological polar surface area (TPSA) is 92.6 Å². The van der Waals surface area contributed by atoms with Gasteiger partial charge >= 0.3 is 6.01 Å². The molecule has 1 aromatic heterocycles. The molecular weight excluding hydrogens is 500 g/mol. The van der Waals surface area contributed by atoms with Gasteiger partial charge in [-0.3, -0.25) is 4.57 Å². The quantitative estimate of drug-likeness (QED) is 0.359. The lowest BCUT2D eigenvalue weighted by Crippen LogP contribution is -2.44. The van der Waals surface area contributed by atoms with Crippen molar-refractivity contribution >= 4 is 26.5 Å². The molecule has 9 nitrogen and oxygen atoms in total. The molecule has 200 valence electrons. The van der Waals surface area contributed by atoms with Gasteiger partial charge in [0.1, 0.15) is 5.75 Å². The number of nitrogens with zero attached hydrogens (tertiary/aromatic N) is 5. The van der Waals surface area contributed by atoms with Gasteiger partial charge in [-0.2, -0.15) is 0 Å². The Morgan fingerprint density at radius 1 is 0.974 bits per heavy atom. The van der Waals surface area contributed by atoms with Gasteiger partial charge in [0.25, 0.3) is 0 Å². The van der Waals surface area contributed by atoms with Gasteiger partial charge in [0.05, 0.1) is 10.9 Å². The van der Waals surface area contributed by atoms with E-state index in [0.717, 1.165) is 48.2 Å². The Morgan fingerprint density at radius 2 is 1.71 bits per heavy atom. The fourth-order valence-corrected chi connectivity index (χ4v) is 6.01. The number of nitrogens with one attached hydrogen (secondary N) is 1. The van der Waals surface area contributed by atoms with Gasteiger partial charge in [0, 0.05) is 44.5 Å². The Balaban J connectivity index is 1.33. The van der Waals surface area contributed by atoms with Crippen molar-refractivity contribution in [2.75, 3.05) is 38.1 Å². The van der Waals surface area contributed by atoms with Crippen LogP contribution in [0.3, 0.4) is 0 Å². The molecule has 3 aromatic carbocycles. The van der Waals surface area contributed by atoms with Gasteiger partial charge in [-0.1, -0.05) is 41.0 Å². The van der Waals surface area contributed by atoms with Gasteiger partial charge in [-0.15, -0.1) is 5.10 Å². The Morgan fingerprint density at radius 3 is 2.47 bits per heavy atom. The fraction of sp³-hybridized carbons (Fsp3) is 0.357. The second kappa shape index (κ2) is 10.7. The van der Waals surface area contributed by atoms with Crippen LogP contribution in [0.5, 0.6) is 11.8 Å². The van der Waals surface area contributed by atoms with E-state index in [2.05, 4.69) is 37.8 Å². The van der Waals surface area contributed by atoms with E-state index in [1.54, 1.807) is 23.6 Å². The second-order valence-corrected chi connectivity index (χ2v) is 11.5. The van der Waals surface area contributed by atoms with Gasteiger partial charge in [0.15, 0.2) is 5.82 Å². The molecule has 1 aliphatic heterocycles. The lowest BCUT2D eigenvalue weighted by Gasteiger charge is -2.34. The molecule has 1 saturated heterocycles. The summed E-state index contributed by atoms with van der Waals surface area (Å²) in [6, 6.07) is 18.8. The molecule has 1 aliphatic rings. The van der Waals surface area contributed by atoms with Crippen LogP contribution in [0.1, 0.15) is 31.3 Å². The molecule has 0 amide bonds. The Hall–Kier alpha value is -3.47. The van der Waals surface area contributed by atoms with Crippen molar-refractivity contribution in [2.24, 2.45) is 0 Å². The minimum Gasteiger partial charge on any atom is -0.424 e. The average molecular weight is 535 g/mol. The van der Waals surface area contributed by atoms with Gasteiger partial charge in [-0.25, -0.2) is 13.1 Å². The number of piperazine rings is 1. The van der Waals surface area contributed by atoms with Crippen LogP contribution in [-0.4, -0.2) is 61.3 Å². The molecule has 5 rings (SSSR count). The molecule has 0 unspecified atom stereocenters. The molecular formula is C28H34N6O3S.